The minimum atomic E-state index is -0.114. The van der Waals surface area contributed by atoms with Gasteiger partial charge in [-0.2, -0.15) is 0 Å². The van der Waals surface area contributed by atoms with Crippen LogP contribution in [-0.4, -0.2) is 17.4 Å². The summed E-state index contributed by atoms with van der Waals surface area (Å²) < 4.78 is 0.959. The van der Waals surface area contributed by atoms with Gasteiger partial charge in [-0.05, 0) is 24.3 Å². The lowest BCUT2D eigenvalue weighted by molar-refractivity contribution is -0.929. The Balaban J connectivity index is 1.42. The van der Waals surface area contributed by atoms with Crippen molar-refractivity contribution >= 4 is 38.3 Å². The molecule has 0 saturated heterocycles. The van der Waals surface area contributed by atoms with Crippen LogP contribution >= 0.6 is 27.3 Å². The second-order valence-electron chi connectivity index (χ2n) is 6.44. The quantitative estimate of drug-likeness (QED) is 0.669. The summed E-state index contributed by atoms with van der Waals surface area (Å²) in [5.74, 6) is -0.114. The number of thiazole rings is 1. The van der Waals surface area contributed by atoms with Crippen LogP contribution in [-0.2, 0) is 19.5 Å². The van der Waals surface area contributed by atoms with Crippen LogP contribution in [0.25, 0.3) is 0 Å². The number of quaternary nitrogens is 1. The number of hydrogen-bond acceptors (Lipinski definition) is 3. The molecular formula is C20H19BrN3OS+. The number of rotatable bonds is 4. The van der Waals surface area contributed by atoms with Crippen LogP contribution in [0.2, 0.25) is 0 Å². The van der Waals surface area contributed by atoms with E-state index in [1.165, 1.54) is 15.3 Å². The molecule has 1 amide bonds. The molecule has 2 N–H and O–H groups in total. The lowest BCUT2D eigenvalue weighted by Crippen LogP contribution is -3.10. The molecule has 1 aliphatic rings. The maximum absolute atomic E-state index is 12.4. The predicted octanol–water partition coefficient (Wildman–Crippen LogP) is 3.30. The number of nitrogens with zero attached hydrogens (tertiary/aromatic N) is 1. The molecule has 1 atom stereocenters. The summed E-state index contributed by atoms with van der Waals surface area (Å²) >= 11 is 4.99. The summed E-state index contributed by atoms with van der Waals surface area (Å²) in [6.45, 7) is 3.07. The van der Waals surface area contributed by atoms with Gasteiger partial charge in [0, 0.05) is 22.0 Å². The zero-order valence-corrected chi connectivity index (χ0v) is 16.6. The summed E-state index contributed by atoms with van der Waals surface area (Å²) in [7, 11) is 0. The van der Waals surface area contributed by atoms with E-state index in [2.05, 4.69) is 56.6 Å². The highest BCUT2D eigenvalue weighted by Crippen LogP contribution is 2.25. The molecule has 0 fully saturated rings. The van der Waals surface area contributed by atoms with Crippen molar-refractivity contribution in [2.45, 2.75) is 19.5 Å². The lowest BCUT2D eigenvalue weighted by Gasteiger charge is -2.22. The SMILES string of the molecule is O=C(Nc1nc2c(s1)C[NH+](Cc1ccccc1)CC2)c1ccc(Br)cc1. The van der Waals surface area contributed by atoms with Crippen LogP contribution in [0.15, 0.2) is 59.1 Å². The molecule has 1 unspecified atom stereocenters. The molecule has 2 heterocycles. The number of nitrogens with one attached hydrogen (secondary N) is 2. The van der Waals surface area contributed by atoms with E-state index < -0.39 is 0 Å². The van der Waals surface area contributed by atoms with E-state index in [0.717, 1.165) is 36.2 Å². The minimum Gasteiger partial charge on any atom is -0.326 e. The Kier molecular flexibility index (Phi) is 5.15. The third-order valence-electron chi connectivity index (χ3n) is 4.53. The molecule has 26 heavy (non-hydrogen) atoms. The van der Waals surface area contributed by atoms with Crippen molar-refractivity contribution in [1.82, 2.24) is 4.98 Å². The van der Waals surface area contributed by atoms with Gasteiger partial charge in [-0.1, -0.05) is 57.6 Å². The van der Waals surface area contributed by atoms with E-state index in [1.54, 1.807) is 23.5 Å². The highest BCUT2D eigenvalue weighted by atomic mass is 79.9. The fourth-order valence-electron chi connectivity index (χ4n) is 3.19. The van der Waals surface area contributed by atoms with E-state index in [0.29, 0.717) is 10.7 Å². The number of benzene rings is 2. The molecule has 132 valence electrons. The van der Waals surface area contributed by atoms with Crippen LogP contribution < -0.4 is 10.2 Å². The summed E-state index contributed by atoms with van der Waals surface area (Å²) in [6.07, 6.45) is 0.960. The van der Waals surface area contributed by atoms with Crippen molar-refractivity contribution in [3.8, 4) is 0 Å². The van der Waals surface area contributed by atoms with Crippen molar-refractivity contribution in [2.75, 3.05) is 11.9 Å². The molecule has 3 aromatic rings. The molecule has 0 aliphatic carbocycles. The average Bonchev–Trinajstić information content (AvgIpc) is 3.04. The van der Waals surface area contributed by atoms with Crippen LogP contribution in [0.1, 0.15) is 26.5 Å². The Bertz CT molecular complexity index is 909. The largest absolute Gasteiger partial charge is 0.326 e. The zero-order chi connectivity index (χ0) is 17.9. The van der Waals surface area contributed by atoms with Crippen LogP contribution in [0, 0.1) is 0 Å². The number of fused-ring (bicyclic) bond motifs is 1. The van der Waals surface area contributed by atoms with E-state index in [4.69, 9.17) is 0 Å². The molecule has 0 spiro atoms. The van der Waals surface area contributed by atoms with Crippen LogP contribution in [0.4, 0.5) is 5.13 Å². The highest BCUT2D eigenvalue weighted by molar-refractivity contribution is 9.10. The summed E-state index contributed by atoms with van der Waals surface area (Å²) in [5, 5.41) is 3.64. The number of halogens is 1. The first kappa shape index (κ1) is 17.4. The molecular weight excluding hydrogens is 410 g/mol. The van der Waals surface area contributed by atoms with Crippen molar-refractivity contribution < 1.29 is 9.69 Å². The number of carbonyl (C=O) groups is 1. The second-order valence-corrected chi connectivity index (χ2v) is 8.44. The third-order valence-corrected chi connectivity index (χ3v) is 6.07. The van der Waals surface area contributed by atoms with Crippen molar-refractivity contribution in [3.05, 3.63) is 80.8 Å². The van der Waals surface area contributed by atoms with E-state index in [1.807, 2.05) is 12.1 Å². The van der Waals surface area contributed by atoms with Gasteiger partial charge in [-0.25, -0.2) is 4.98 Å². The van der Waals surface area contributed by atoms with Gasteiger partial charge in [0.25, 0.3) is 5.91 Å². The van der Waals surface area contributed by atoms with Crippen molar-refractivity contribution in [2.24, 2.45) is 0 Å². The molecule has 1 aromatic heterocycles. The maximum Gasteiger partial charge on any atom is 0.257 e. The summed E-state index contributed by atoms with van der Waals surface area (Å²) in [6, 6.07) is 17.9. The van der Waals surface area contributed by atoms with Gasteiger partial charge < -0.3 is 4.90 Å². The first-order valence-electron chi connectivity index (χ1n) is 8.60. The van der Waals surface area contributed by atoms with E-state index in [9.17, 15) is 4.79 Å². The van der Waals surface area contributed by atoms with Crippen LogP contribution in [0.5, 0.6) is 0 Å². The van der Waals surface area contributed by atoms with Gasteiger partial charge >= 0.3 is 0 Å². The average molecular weight is 429 g/mol. The fourth-order valence-corrected chi connectivity index (χ4v) is 4.53. The maximum atomic E-state index is 12.4. The predicted molar refractivity (Wildman–Crippen MR) is 108 cm³/mol. The third kappa shape index (κ3) is 4.03. The molecule has 1 aliphatic heterocycles. The number of hydrogen-bond donors (Lipinski definition) is 2. The van der Waals surface area contributed by atoms with Gasteiger partial charge in [0.2, 0.25) is 0 Å². The standard InChI is InChI=1S/C20H18BrN3OS/c21-16-8-6-15(7-9-16)19(25)23-20-22-17-10-11-24(13-18(17)26-20)12-14-4-2-1-3-5-14/h1-9H,10-13H2,(H,22,23,25)/p+1. The number of aromatic nitrogens is 1. The normalized spacial score (nSPS) is 16.1. The van der Waals surface area contributed by atoms with Gasteiger partial charge in [-0.3, -0.25) is 10.1 Å². The second kappa shape index (κ2) is 7.70. The minimum absolute atomic E-state index is 0.114. The topological polar surface area (TPSA) is 46.4 Å². The van der Waals surface area contributed by atoms with Gasteiger partial charge in [0.1, 0.15) is 13.1 Å². The highest BCUT2D eigenvalue weighted by Gasteiger charge is 2.24. The molecule has 6 heteroatoms. The Morgan fingerprint density at radius 3 is 2.69 bits per heavy atom. The molecule has 0 saturated carbocycles. The monoisotopic (exact) mass is 428 g/mol. The Morgan fingerprint density at radius 2 is 1.92 bits per heavy atom. The molecule has 0 bridgehead atoms. The van der Waals surface area contributed by atoms with Gasteiger partial charge in [-0.15, -0.1) is 0 Å². The fraction of sp³-hybridized carbons (Fsp3) is 0.200. The summed E-state index contributed by atoms with van der Waals surface area (Å²) in [4.78, 5) is 19.8. The first-order valence-corrected chi connectivity index (χ1v) is 10.2. The molecule has 2 aromatic carbocycles. The van der Waals surface area contributed by atoms with Crippen molar-refractivity contribution in [3.63, 3.8) is 0 Å². The number of anilines is 1. The lowest BCUT2D eigenvalue weighted by atomic mass is 10.1. The molecule has 4 rings (SSSR count). The van der Waals surface area contributed by atoms with E-state index in [-0.39, 0.29) is 5.91 Å². The Morgan fingerprint density at radius 1 is 1.15 bits per heavy atom. The smallest absolute Gasteiger partial charge is 0.257 e. The van der Waals surface area contributed by atoms with Gasteiger partial charge in [0.15, 0.2) is 5.13 Å². The number of carbonyl (C=O) groups excluding carboxylic acids is 1. The van der Waals surface area contributed by atoms with Crippen LogP contribution in [0.3, 0.4) is 0 Å². The Hall–Kier alpha value is -2.02. The van der Waals surface area contributed by atoms with Crippen molar-refractivity contribution in [1.29, 1.82) is 0 Å². The van der Waals surface area contributed by atoms with E-state index >= 15 is 0 Å². The molecule has 4 nitrogen and oxygen atoms in total. The Labute approximate surface area is 165 Å². The summed E-state index contributed by atoms with van der Waals surface area (Å²) in [5.41, 5.74) is 3.13. The number of amides is 1. The molecule has 0 radical (unpaired) electrons. The zero-order valence-electron chi connectivity index (χ0n) is 14.2. The van der Waals surface area contributed by atoms with Gasteiger partial charge in [0.05, 0.1) is 17.1 Å². The first-order chi connectivity index (χ1) is 12.7.